The molecule has 1 unspecified atom stereocenters. The molecule has 0 saturated carbocycles. The van der Waals surface area contributed by atoms with Crippen LogP contribution in [0, 0.1) is 5.92 Å². The highest BCUT2D eigenvalue weighted by atomic mass is 14.1. The van der Waals surface area contributed by atoms with Crippen molar-refractivity contribution in [3.05, 3.63) is 24.3 Å². The highest BCUT2D eigenvalue weighted by Gasteiger charge is 2.06. The molecule has 0 bridgehead atoms. The van der Waals surface area contributed by atoms with E-state index < -0.39 is 0 Å². The molecule has 0 N–H and O–H groups in total. The Morgan fingerprint density at radius 1 is 1.25 bits per heavy atom. The SMILES string of the molecule is C=C(CC)CCC(CC)C(=C)C. The predicted molar refractivity (Wildman–Crippen MR) is 57.3 cm³/mol. The summed E-state index contributed by atoms with van der Waals surface area (Å²) in [6.45, 7) is 14.5. The van der Waals surface area contributed by atoms with Crippen molar-refractivity contribution in [2.24, 2.45) is 5.92 Å². The zero-order valence-corrected chi connectivity index (χ0v) is 8.82. The van der Waals surface area contributed by atoms with E-state index in [1.54, 1.807) is 0 Å². The summed E-state index contributed by atoms with van der Waals surface area (Å²) in [5.74, 6) is 0.702. The summed E-state index contributed by atoms with van der Waals surface area (Å²) in [5.41, 5.74) is 2.69. The first kappa shape index (κ1) is 11.5. The molecule has 0 aromatic rings. The summed E-state index contributed by atoms with van der Waals surface area (Å²) >= 11 is 0. The first-order valence-corrected chi connectivity index (χ1v) is 4.93. The van der Waals surface area contributed by atoms with Gasteiger partial charge in [-0.25, -0.2) is 0 Å². The van der Waals surface area contributed by atoms with Crippen LogP contribution in [-0.2, 0) is 0 Å². The molecule has 0 aliphatic carbocycles. The van der Waals surface area contributed by atoms with Gasteiger partial charge in [-0.3, -0.25) is 0 Å². The van der Waals surface area contributed by atoms with Gasteiger partial charge in [-0.1, -0.05) is 38.2 Å². The third kappa shape index (κ3) is 4.38. The number of hydrogen-bond acceptors (Lipinski definition) is 0. The molecule has 0 aromatic heterocycles. The van der Waals surface area contributed by atoms with Crippen LogP contribution in [0.5, 0.6) is 0 Å². The minimum Gasteiger partial charge on any atom is -0.0999 e. The fourth-order valence-electron chi connectivity index (χ4n) is 1.35. The lowest BCUT2D eigenvalue weighted by atomic mass is 9.92. The van der Waals surface area contributed by atoms with E-state index in [0.29, 0.717) is 5.92 Å². The van der Waals surface area contributed by atoms with Crippen LogP contribution in [0.1, 0.15) is 46.5 Å². The molecular weight excluding hydrogens is 144 g/mol. The second-order valence-electron chi connectivity index (χ2n) is 3.59. The molecule has 0 heteroatoms. The fraction of sp³-hybridized carbons (Fsp3) is 0.667. The molecule has 0 spiro atoms. The quantitative estimate of drug-likeness (QED) is 0.515. The van der Waals surface area contributed by atoms with Crippen LogP contribution in [0.15, 0.2) is 24.3 Å². The first-order chi connectivity index (χ1) is 5.61. The number of hydrogen-bond donors (Lipinski definition) is 0. The van der Waals surface area contributed by atoms with Crippen molar-refractivity contribution in [3.63, 3.8) is 0 Å². The van der Waals surface area contributed by atoms with Crippen molar-refractivity contribution in [1.29, 1.82) is 0 Å². The summed E-state index contributed by atoms with van der Waals surface area (Å²) in [6, 6.07) is 0. The maximum atomic E-state index is 4.01. The highest BCUT2D eigenvalue weighted by molar-refractivity contribution is 4.99. The minimum atomic E-state index is 0.702. The maximum absolute atomic E-state index is 4.01. The monoisotopic (exact) mass is 166 g/mol. The van der Waals surface area contributed by atoms with Crippen LogP contribution < -0.4 is 0 Å². The zero-order valence-electron chi connectivity index (χ0n) is 8.82. The van der Waals surface area contributed by atoms with Gasteiger partial charge in [0, 0.05) is 0 Å². The Morgan fingerprint density at radius 2 is 1.83 bits per heavy atom. The van der Waals surface area contributed by atoms with E-state index in [1.165, 1.54) is 30.4 Å². The average Bonchev–Trinajstić information content (AvgIpc) is 2.04. The summed E-state index contributed by atoms with van der Waals surface area (Å²) in [5, 5.41) is 0. The summed E-state index contributed by atoms with van der Waals surface area (Å²) in [6.07, 6.45) is 4.74. The average molecular weight is 166 g/mol. The van der Waals surface area contributed by atoms with Gasteiger partial charge in [0.1, 0.15) is 0 Å². The van der Waals surface area contributed by atoms with Crippen molar-refractivity contribution >= 4 is 0 Å². The van der Waals surface area contributed by atoms with Crippen molar-refractivity contribution in [2.45, 2.75) is 46.5 Å². The second-order valence-corrected chi connectivity index (χ2v) is 3.59. The molecule has 1 atom stereocenters. The molecule has 12 heavy (non-hydrogen) atoms. The van der Waals surface area contributed by atoms with E-state index >= 15 is 0 Å². The van der Waals surface area contributed by atoms with Crippen molar-refractivity contribution < 1.29 is 0 Å². The van der Waals surface area contributed by atoms with Crippen LogP contribution in [-0.4, -0.2) is 0 Å². The van der Waals surface area contributed by atoms with Gasteiger partial charge in [0.25, 0.3) is 0 Å². The Labute approximate surface area is 77.4 Å². The molecule has 0 heterocycles. The van der Waals surface area contributed by atoms with E-state index in [-0.39, 0.29) is 0 Å². The van der Waals surface area contributed by atoms with Crippen LogP contribution in [0.2, 0.25) is 0 Å². The van der Waals surface area contributed by atoms with Gasteiger partial charge in [-0.05, 0) is 38.5 Å². The molecule has 0 aliphatic heterocycles. The fourth-order valence-corrected chi connectivity index (χ4v) is 1.35. The van der Waals surface area contributed by atoms with E-state index in [9.17, 15) is 0 Å². The standard InChI is InChI=1S/C12H22/c1-6-11(5)8-9-12(7-2)10(3)4/h12H,3,5-9H2,1-2,4H3. The van der Waals surface area contributed by atoms with E-state index in [1.807, 2.05) is 0 Å². The molecule has 0 aromatic carbocycles. The second kappa shape index (κ2) is 6.05. The molecule has 0 amide bonds. The third-order valence-corrected chi connectivity index (χ3v) is 2.54. The van der Waals surface area contributed by atoms with Crippen LogP contribution >= 0.6 is 0 Å². The molecule has 0 nitrogen and oxygen atoms in total. The third-order valence-electron chi connectivity index (χ3n) is 2.54. The van der Waals surface area contributed by atoms with E-state index in [0.717, 1.165) is 6.42 Å². The molecule has 0 rings (SSSR count). The lowest BCUT2D eigenvalue weighted by Crippen LogP contribution is -1.99. The Morgan fingerprint density at radius 3 is 2.17 bits per heavy atom. The number of rotatable bonds is 6. The van der Waals surface area contributed by atoms with Crippen molar-refractivity contribution in [1.82, 2.24) is 0 Å². The first-order valence-electron chi connectivity index (χ1n) is 4.93. The Bertz CT molecular complexity index is 153. The van der Waals surface area contributed by atoms with E-state index in [4.69, 9.17) is 0 Å². The lowest BCUT2D eigenvalue weighted by molar-refractivity contribution is 0.539. The van der Waals surface area contributed by atoms with Gasteiger partial charge < -0.3 is 0 Å². The molecule has 0 fully saturated rings. The molecule has 70 valence electrons. The maximum Gasteiger partial charge on any atom is -0.0208 e. The zero-order chi connectivity index (χ0) is 9.56. The highest BCUT2D eigenvalue weighted by Crippen LogP contribution is 2.21. The van der Waals surface area contributed by atoms with Gasteiger partial charge in [0.05, 0.1) is 0 Å². The van der Waals surface area contributed by atoms with E-state index in [2.05, 4.69) is 33.9 Å². The summed E-state index contributed by atoms with van der Waals surface area (Å²) < 4.78 is 0. The summed E-state index contributed by atoms with van der Waals surface area (Å²) in [4.78, 5) is 0. The molecule has 0 aliphatic rings. The van der Waals surface area contributed by atoms with Crippen LogP contribution in [0.4, 0.5) is 0 Å². The Kier molecular flexibility index (Phi) is 5.79. The topological polar surface area (TPSA) is 0 Å². The van der Waals surface area contributed by atoms with Crippen molar-refractivity contribution in [2.75, 3.05) is 0 Å². The Hall–Kier alpha value is -0.520. The van der Waals surface area contributed by atoms with Gasteiger partial charge in [-0.15, -0.1) is 0 Å². The van der Waals surface area contributed by atoms with Crippen molar-refractivity contribution in [3.8, 4) is 0 Å². The number of allylic oxidation sites excluding steroid dienone is 2. The van der Waals surface area contributed by atoms with Gasteiger partial charge in [-0.2, -0.15) is 0 Å². The smallest absolute Gasteiger partial charge is 0.0208 e. The van der Waals surface area contributed by atoms with Gasteiger partial charge >= 0.3 is 0 Å². The normalized spacial score (nSPS) is 12.6. The molecule has 0 radical (unpaired) electrons. The van der Waals surface area contributed by atoms with Crippen LogP contribution in [0.3, 0.4) is 0 Å². The van der Waals surface area contributed by atoms with Gasteiger partial charge in [0.15, 0.2) is 0 Å². The minimum absolute atomic E-state index is 0.702. The van der Waals surface area contributed by atoms with Crippen LogP contribution in [0.25, 0.3) is 0 Å². The molecule has 0 saturated heterocycles. The van der Waals surface area contributed by atoms with Gasteiger partial charge in [0.2, 0.25) is 0 Å². The largest absolute Gasteiger partial charge is 0.0999 e. The predicted octanol–water partition coefficient (Wildman–Crippen LogP) is 4.34. The lowest BCUT2D eigenvalue weighted by Gasteiger charge is -2.14. The summed E-state index contributed by atoms with van der Waals surface area (Å²) in [7, 11) is 0. The molecular formula is C12H22. The Balaban J connectivity index is 3.73.